The molecule has 0 radical (unpaired) electrons. The second kappa shape index (κ2) is 5.65. The largest absolute Gasteiger partial charge is 0.493 e. The molecule has 4 heteroatoms. The fraction of sp³-hybridized carbons (Fsp3) is 0.333. The van der Waals surface area contributed by atoms with Crippen molar-refractivity contribution in [3.63, 3.8) is 0 Å². The Morgan fingerprint density at radius 2 is 2.32 bits per heavy atom. The third-order valence-corrected chi connectivity index (χ3v) is 5.16. The van der Waals surface area contributed by atoms with E-state index in [0.29, 0.717) is 0 Å². The SMILES string of the molecule is CCNC(c1ccc2c(c1)CCO2)c1cscc1Br. The molecule has 1 aromatic heterocycles. The van der Waals surface area contributed by atoms with Crippen LogP contribution in [0.2, 0.25) is 0 Å². The molecule has 2 aromatic rings. The van der Waals surface area contributed by atoms with E-state index in [-0.39, 0.29) is 6.04 Å². The summed E-state index contributed by atoms with van der Waals surface area (Å²) >= 11 is 5.37. The molecular weight excluding hydrogens is 322 g/mol. The number of nitrogens with one attached hydrogen (secondary N) is 1. The number of rotatable bonds is 4. The summed E-state index contributed by atoms with van der Waals surface area (Å²) in [4.78, 5) is 0. The molecule has 1 N–H and O–H groups in total. The lowest BCUT2D eigenvalue weighted by Crippen LogP contribution is -2.21. The summed E-state index contributed by atoms with van der Waals surface area (Å²) in [5, 5.41) is 7.91. The number of benzene rings is 1. The first-order valence-electron chi connectivity index (χ1n) is 6.50. The molecule has 0 aliphatic carbocycles. The van der Waals surface area contributed by atoms with Crippen LogP contribution in [0.5, 0.6) is 5.75 Å². The fourth-order valence-corrected chi connectivity index (χ4v) is 4.05. The molecular formula is C15H16BrNOS. The highest BCUT2D eigenvalue weighted by Gasteiger charge is 2.19. The van der Waals surface area contributed by atoms with Crippen LogP contribution in [0, 0.1) is 0 Å². The maximum atomic E-state index is 5.58. The van der Waals surface area contributed by atoms with Crippen LogP contribution in [0.25, 0.3) is 0 Å². The molecule has 100 valence electrons. The lowest BCUT2D eigenvalue weighted by Gasteiger charge is -2.19. The third kappa shape index (κ3) is 2.57. The van der Waals surface area contributed by atoms with Crippen molar-refractivity contribution in [3.05, 3.63) is 50.1 Å². The summed E-state index contributed by atoms with van der Waals surface area (Å²) in [6, 6.07) is 6.79. The predicted molar refractivity (Wildman–Crippen MR) is 83.2 cm³/mol. The minimum atomic E-state index is 0.247. The van der Waals surface area contributed by atoms with Crippen molar-refractivity contribution in [1.82, 2.24) is 5.32 Å². The van der Waals surface area contributed by atoms with Crippen LogP contribution in [-0.4, -0.2) is 13.2 Å². The van der Waals surface area contributed by atoms with Gasteiger partial charge in [0.15, 0.2) is 0 Å². The van der Waals surface area contributed by atoms with Gasteiger partial charge in [0.05, 0.1) is 12.6 Å². The molecule has 2 nitrogen and oxygen atoms in total. The van der Waals surface area contributed by atoms with Gasteiger partial charge in [-0.3, -0.25) is 0 Å². The van der Waals surface area contributed by atoms with E-state index < -0.39 is 0 Å². The summed E-state index contributed by atoms with van der Waals surface area (Å²) in [6.07, 6.45) is 1.02. The van der Waals surface area contributed by atoms with Crippen molar-refractivity contribution in [3.8, 4) is 5.75 Å². The number of hydrogen-bond acceptors (Lipinski definition) is 3. The number of ether oxygens (including phenoxy) is 1. The molecule has 0 saturated carbocycles. The van der Waals surface area contributed by atoms with E-state index in [9.17, 15) is 0 Å². The first-order valence-corrected chi connectivity index (χ1v) is 8.23. The molecule has 3 rings (SSSR count). The van der Waals surface area contributed by atoms with Crippen molar-refractivity contribution in [2.24, 2.45) is 0 Å². The van der Waals surface area contributed by atoms with E-state index in [1.165, 1.54) is 21.2 Å². The minimum Gasteiger partial charge on any atom is -0.493 e. The van der Waals surface area contributed by atoms with Crippen molar-refractivity contribution < 1.29 is 4.74 Å². The van der Waals surface area contributed by atoms with Crippen LogP contribution in [0.1, 0.15) is 29.7 Å². The minimum absolute atomic E-state index is 0.247. The molecule has 0 bridgehead atoms. The summed E-state index contributed by atoms with van der Waals surface area (Å²) in [5.41, 5.74) is 3.95. The highest BCUT2D eigenvalue weighted by atomic mass is 79.9. The van der Waals surface area contributed by atoms with Crippen LogP contribution < -0.4 is 10.1 Å². The predicted octanol–water partition coefficient (Wildman–Crippen LogP) is 4.14. The molecule has 2 heterocycles. The first kappa shape index (κ1) is 13.2. The third-order valence-electron chi connectivity index (χ3n) is 3.41. The van der Waals surface area contributed by atoms with Crippen molar-refractivity contribution in [2.75, 3.05) is 13.2 Å². The Hall–Kier alpha value is -0.840. The molecule has 1 atom stereocenters. The average molecular weight is 338 g/mol. The smallest absolute Gasteiger partial charge is 0.122 e. The van der Waals surface area contributed by atoms with Crippen molar-refractivity contribution >= 4 is 27.3 Å². The normalized spacial score (nSPS) is 15.1. The molecule has 0 saturated heterocycles. The second-order valence-electron chi connectivity index (χ2n) is 4.63. The van der Waals surface area contributed by atoms with E-state index in [1.807, 2.05) is 0 Å². The topological polar surface area (TPSA) is 21.3 Å². The van der Waals surface area contributed by atoms with E-state index >= 15 is 0 Å². The van der Waals surface area contributed by atoms with Crippen molar-refractivity contribution in [2.45, 2.75) is 19.4 Å². The Labute approximate surface area is 125 Å². The molecule has 1 aromatic carbocycles. The van der Waals surface area contributed by atoms with Gasteiger partial charge < -0.3 is 10.1 Å². The maximum absolute atomic E-state index is 5.58. The highest BCUT2D eigenvalue weighted by molar-refractivity contribution is 9.10. The van der Waals surface area contributed by atoms with E-state index in [1.54, 1.807) is 11.3 Å². The molecule has 0 amide bonds. The highest BCUT2D eigenvalue weighted by Crippen LogP contribution is 2.34. The van der Waals surface area contributed by atoms with Gasteiger partial charge in [-0.15, -0.1) is 0 Å². The van der Waals surface area contributed by atoms with Crippen molar-refractivity contribution in [1.29, 1.82) is 0 Å². The molecule has 0 spiro atoms. The average Bonchev–Trinajstić information content (AvgIpc) is 3.03. The second-order valence-corrected chi connectivity index (χ2v) is 6.23. The first-order chi connectivity index (χ1) is 9.29. The van der Waals surface area contributed by atoms with Crippen LogP contribution in [-0.2, 0) is 6.42 Å². The lowest BCUT2D eigenvalue weighted by molar-refractivity contribution is 0.357. The fourth-order valence-electron chi connectivity index (χ4n) is 2.49. The Morgan fingerprint density at radius 1 is 1.42 bits per heavy atom. The molecule has 19 heavy (non-hydrogen) atoms. The van der Waals surface area contributed by atoms with Gasteiger partial charge in [-0.2, -0.15) is 11.3 Å². The maximum Gasteiger partial charge on any atom is 0.122 e. The zero-order valence-electron chi connectivity index (χ0n) is 10.8. The number of fused-ring (bicyclic) bond motifs is 1. The Bertz CT molecular complexity index is 581. The van der Waals surface area contributed by atoms with Gasteiger partial charge >= 0.3 is 0 Å². The number of halogens is 1. The Balaban J connectivity index is 1.98. The van der Waals surface area contributed by atoms with Gasteiger partial charge in [0.2, 0.25) is 0 Å². The van der Waals surface area contributed by atoms with E-state index in [4.69, 9.17) is 4.74 Å². The van der Waals surface area contributed by atoms with E-state index in [2.05, 4.69) is 57.1 Å². The molecule has 1 unspecified atom stereocenters. The standard InChI is InChI=1S/C15H16BrNOS/c1-2-17-15(12-8-19-9-13(12)16)11-3-4-14-10(7-11)5-6-18-14/h3-4,7-9,15,17H,2,5-6H2,1H3. The van der Waals surface area contributed by atoms with Crippen LogP contribution >= 0.6 is 27.3 Å². The van der Waals surface area contributed by atoms with E-state index in [0.717, 1.165) is 25.3 Å². The van der Waals surface area contributed by atoms with Gasteiger partial charge in [-0.25, -0.2) is 0 Å². The van der Waals surface area contributed by atoms with Gasteiger partial charge in [-0.05, 0) is 50.6 Å². The molecule has 0 fully saturated rings. The number of thiophene rings is 1. The summed E-state index contributed by atoms with van der Waals surface area (Å²) < 4.78 is 6.76. The lowest BCUT2D eigenvalue weighted by atomic mass is 9.98. The zero-order chi connectivity index (χ0) is 13.2. The zero-order valence-corrected chi connectivity index (χ0v) is 13.2. The van der Waals surface area contributed by atoms with Gasteiger partial charge in [-0.1, -0.05) is 19.1 Å². The van der Waals surface area contributed by atoms with Crippen LogP contribution in [0.4, 0.5) is 0 Å². The summed E-state index contributed by atoms with van der Waals surface area (Å²) in [7, 11) is 0. The van der Waals surface area contributed by atoms with Gasteiger partial charge in [0, 0.05) is 16.3 Å². The summed E-state index contributed by atoms with van der Waals surface area (Å²) in [5.74, 6) is 1.04. The monoisotopic (exact) mass is 337 g/mol. The summed E-state index contributed by atoms with van der Waals surface area (Å²) in [6.45, 7) is 3.90. The quantitative estimate of drug-likeness (QED) is 0.904. The van der Waals surface area contributed by atoms with Gasteiger partial charge in [0.1, 0.15) is 5.75 Å². The molecule has 1 aliphatic heterocycles. The van der Waals surface area contributed by atoms with Crippen LogP contribution in [0.3, 0.4) is 0 Å². The Kier molecular flexibility index (Phi) is 3.91. The Morgan fingerprint density at radius 3 is 3.05 bits per heavy atom. The van der Waals surface area contributed by atoms with Gasteiger partial charge in [0.25, 0.3) is 0 Å². The van der Waals surface area contributed by atoms with Crippen LogP contribution in [0.15, 0.2) is 33.4 Å². The molecule has 1 aliphatic rings. The number of hydrogen-bond donors (Lipinski definition) is 1.